The number of aliphatic hydroxyl groups excluding tert-OH is 1. The van der Waals surface area contributed by atoms with Gasteiger partial charge in [0, 0.05) is 12.4 Å². The van der Waals surface area contributed by atoms with Gasteiger partial charge < -0.3 is 5.11 Å². The van der Waals surface area contributed by atoms with Crippen molar-refractivity contribution < 1.29 is 5.11 Å². The first-order valence-corrected chi connectivity index (χ1v) is 7.36. The maximum absolute atomic E-state index is 10.3. The number of aryl methyl sites for hydroxylation is 1. The van der Waals surface area contributed by atoms with E-state index in [1.54, 1.807) is 0 Å². The molecule has 1 aliphatic carbocycles. The molecule has 2 heteroatoms. The Labute approximate surface area is 110 Å². The van der Waals surface area contributed by atoms with E-state index in [1.165, 1.54) is 37.7 Å². The topological polar surface area (TPSA) is 33.1 Å². The summed E-state index contributed by atoms with van der Waals surface area (Å²) in [5, 5.41) is 10.3. The largest absolute Gasteiger partial charge is 0.393 e. The monoisotopic (exact) mass is 247 g/mol. The summed E-state index contributed by atoms with van der Waals surface area (Å²) in [6, 6.07) is 4.09. The van der Waals surface area contributed by atoms with E-state index in [9.17, 15) is 5.11 Å². The van der Waals surface area contributed by atoms with Crippen LogP contribution in [0.3, 0.4) is 0 Å². The second-order valence-electron chi connectivity index (χ2n) is 5.66. The zero-order valence-electron chi connectivity index (χ0n) is 11.4. The quantitative estimate of drug-likeness (QED) is 0.862. The lowest BCUT2D eigenvalue weighted by molar-refractivity contribution is 0.0618. The number of hydrogen-bond acceptors (Lipinski definition) is 2. The minimum Gasteiger partial charge on any atom is -0.393 e. The van der Waals surface area contributed by atoms with Crippen LogP contribution in [0.5, 0.6) is 0 Å². The lowest BCUT2D eigenvalue weighted by Crippen LogP contribution is -2.27. The first-order valence-electron chi connectivity index (χ1n) is 7.36. The van der Waals surface area contributed by atoms with Crippen molar-refractivity contribution in [2.75, 3.05) is 0 Å². The number of pyridine rings is 1. The smallest absolute Gasteiger partial charge is 0.0571 e. The summed E-state index contributed by atoms with van der Waals surface area (Å²) >= 11 is 0. The van der Waals surface area contributed by atoms with Gasteiger partial charge >= 0.3 is 0 Å². The third kappa shape index (κ3) is 3.81. The van der Waals surface area contributed by atoms with Crippen LogP contribution in [0.2, 0.25) is 0 Å². The molecule has 1 aromatic rings. The Morgan fingerprint density at radius 3 is 2.83 bits per heavy atom. The SMILES string of the molecule is CCC1CCCC(C(O)CCc2ccncc2)C1. The van der Waals surface area contributed by atoms with E-state index in [4.69, 9.17) is 0 Å². The molecular formula is C16H25NO. The van der Waals surface area contributed by atoms with Gasteiger partial charge in [0.1, 0.15) is 0 Å². The highest BCUT2D eigenvalue weighted by Gasteiger charge is 2.26. The van der Waals surface area contributed by atoms with E-state index >= 15 is 0 Å². The summed E-state index contributed by atoms with van der Waals surface area (Å²) < 4.78 is 0. The fourth-order valence-corrected chi connectivity index (χ4v) is 3.15. The minimum absolute atomic E-state index is 0.118. The van der Waals surface area contributed by atoms with Gasteiger partial charge in [0.25, 0.3) is 0 Å². The Morgan fingerprint density at radius 2 is 2.11 bits per heavy atom. The molecule has 0 bridgehead atoms. The average molecular weight is 247 g/mol. The molecule has 0 saturated heterocycles. The molecule has 1 N–H and O–H groups in total. The molecule has 0 radical (unpaired) electrons. The highest BCUT2D eigenvalue weighted by Crippen LogP contribution is 2.33. The summed E-state index contributed by atoms with van der Waals surface area (Å²) in [6.45, 7) is 2.27. The predicted molar refractivity (Wildman–Crippen MR) is 74.3 cm³/mol. The van der Waals surface area contributed by atoms with Crippen molar-refractivity contribution in [1.82, 2.24) is 4.98 Å². The average Bonchev–Trinajstić information content (AvgIpc) is 2.46. The fraction of sp³-hybridized carbons (Fsp3) is 0.688. The van der Waals surface area contributed by atoms with Crippen molar-refractivity contribution in [3.8, 4) is 0 Å². The summed E-state index contributed by atoms with van der Waals surface area (Å²) in [5.74, 6) is 1.38. The van der Waals surface area contributed by atoms with Crippen LogP contribution in [-0.2, 0) is 6.42 Å². The molecule has 0 amide bonds. The summed E-state index contributed by atoms with van der Waals surface area (Å²) in [6.07, 6.45) is 11.8. The second kappa shape index (κ2) is 6.89. The Balaban J connectivity index is 1.79. The first-order chi connectivity index (χ1) is 8.79. The molecule has 3 unspecified atom stereocenters. The molecule has 18 heavy (non-hydrogen) atoms. The minimum atomic E-state index is -0.118. The molecular weight excluding hydrogens is 222 g/mol. The first kappa shape index (κ1) is 13.5. The van der Waals surface area contributed by atoms with Crippen LogP contribution in [0.1, 0.15) is 51.0 Å². The van der Waals surface area contributed by atoms with Crippen LogP contribution in [0, 0.1) is 11.8 Å². The molecule has 0 aromatic carbocycles. The molecule has 2 nitrogen and oxygen atoms in total. The van der Waals surface area contributed by atoms with Gasteiger partial charge in [-0.25, -0.2) is 0 Å². The van der Waals surface area contributed by atoms with E-state index in [0.29, 0.717) is 5.92 Å². The van der Waals surface area contributed by atoms with Crippen LogP contribution in [-0.4, -0.2) is 16.2 Å². The summed E-state index contributed by atoms with van der Waals surface area (Å²) in [4.78, 5) is 4.02. The fourth-order valence-electron chi connectivity index (χ4n) is 3.15. The summed E-state index contributed by atoms with van der Waals surface area (Å²) in [7, 11) is 0. The molecule has 100 valence electrons. The van der Waals surface area contributed by atoms with Gasteiger partial charge in [0.05, 0.1) is 6.10 Å². The van der Waals surface area contributed by atoms with Crippen LogP contribution < -0.4 is 0 Å². The van der Waals surface area contributed by atoms with Gasteiger partial charge in [-0.15, -0.1) is 0 Å². The molecule has 1 fully saturated rings. The molecule has 3 atom stereocenters. The predicted octanol–water partition coefficient (Wildman–Crippen LogP) is 3.59. The Bertz CT molecular complexity index is 338. The van der Waals surface area contributed by atoms with Gasteiger partial charge in [-0.05, 0) is 55.2 Å². The zero-order chi connectivity index (χ0) is 12.8. The molecule has 1 aliphatic rings. The number of aromatic nitrogens is 1. The van der Waals surface area contributed by atoms with Gasteiger partial charge in [0.2, 0.25) is 0 Å². The van der Waals surface area contributed by atoms with Crippen molar-refractivity contribution in [2.24, 2.45) is 11.8 Å². The van der Waals surface area contributed by atoms with Crippen LogP contribution >= 0.6 is 0 Å². The zero-order valence-corrected chi connectivity index (χ0v) is 11.4. The van der Waals surface area contributed by atoms with E-state index in [1.807, 2.05) is 24.5 Å². The van der Waals surface area contributed by atoms with Crippen LogP contribution in [0.4, 0.5) is 0 Å². The highest BCUT2D eigenvalue weighted by molar-refractivity contribution is 5.09. The lowest BCUT2D eigenvalue weighted by Gasteiger charge is -2.31. The highest BCUT2D eigenvalue weighted by atomic mass is 16.3. The Hall–Kier alpha value is -0.890. The number of hydrogen-bond donors (Lipinski definition) is 1. The van der Waals surface area contributed by atoms with Gasteiger partial charge in [0.15, 0.2) is 0 Å². The van der Waals surface area contributed by atoms with E-state index in [0.717, 1.165) is 18.8 Å². The number of rotatable bonds is 5. The lowest BCUT2D eigenvalue weighted by atomic mass is 9.76. The number of nitrogens with zero attached hydrogens (tertiary/aromatic N) is 1. The summed E-state index contributed by atoms with van der Waals surface area (Å²) in [5.41, 5.74) is 1.28. The Morgan fingerprint density at radius 1 is 1.33 bits per heavy atom. The maximum Gasteiger partial charge on any atom is 0.0571 e. The van der Waals surface area contributed by atoms with E-state index in [2.05, 4.69) is 11.9 Å². The van der Waals surface area contributed by atoms with Gasteiger partial charge in [-0.1, -0.05) is 26.2 Å². The second-order valence-corrected chi connectivity index (χ2v) is 5.66. The molecule has 1 heterocycles. The van der Waals surface area contributed by atoms with Crippen molar-refractivity contribution in [1.29, 1.82) is 0 Å². The third-order valence-electron chi connectivity index (χ3n) is 4.42. The molecule has 0 aliphatic heterocycles. The van der Waals surface area contributed by atoms with Crippen molar-refractivity contribution in [2.45, 2.75) is 58.0 Å². The maximum atomic E-state index is 10.3. The van der Waals surface area contributed by atoms with Crippen molar-refractivity contribution >= 4 is 0 Å². The third-order valence-corrected chi connectivity index (χ3v) is 4.42. The van der Waals surface area contributed by atoms with Crippen molar-refractivity contribution in [3.63, 3.8) is 0 Å². The van der Waals surface area contributed by atoms with E-state index < -0.39 is 0 Å². The molecule has 1 saturated carbocycles. The molecule has 2 rings (SSSR count). The molecule has 1 aromatic heterocycles. The van der Waals surface area contributed by atoms with Crippen molar-refractivity contribution in [3.05, 3.63) is 30.1 Å². The van der Waals surface area contributed by atoms with Crippen LogP contribution in [0.15, 0.2) is 24.5 Å². The van der Waals surface area contributed by atoms with Gasteiger partial charge in [-0.2, -0.15) is 0 Å². The standard InChI is InChI=1S/C16H25NO/c1-2-13-4-3-5-15(12-13)16(18)7-6-14-8-10-17-11-9-14/h8-11,13,15-16,18H,2-7,12H2,1H3. The van der Waals surface area contributed by atoms with Gasteiger partial charge in [-0.3, -0.25) is 4.98 Å². The number of aliphatic hydroxyl groups is 1. The molecule has 0 spiro atoms. The van der Waals surface area contributed by atoms with E-state index in [-0.39, 0.29) is 6.10 Å². The van der Waals surface area contributed by atoms with Crippen LogP contribution in [0.25, 0.3) is 0 Å². The normalized spacial score (nSPS) is 25.9. The Kier molecular flexibility index (Phi) is 5.18.